The third-order valence-corrected chi connectivity index (χ3v) is 5.40. The van der Waals surface area contributed by atoms with Gasteiger partial charge in [0.05, 0.1) is 0 Å². The van der Waals surface area contributed by atoms with Crippen molar-refractivity contribution in [2.24, 2.45) is 5.92 Å². The highest BCUT2D eigenvalue weighted by molar-refractivity contribution is 5.79. The zero-order chi connectivity index (χ0) is 17.2. The molecule has 0 N–H and O–H groups in total. The summed E-state index contributed by atoms with van der Waals surface area (Å²) in [6, 6.07) is 6.07. The van der Waals surface area contributed by atoms with E-state index in [1.807, 2.05) is 4.90 Å². The van der Waals surface area contributed by atoms with Crippen LogP contribution in [0, 0.1) is 11.7 Å². The van der Waals surface area contributed by atoms with Gasteiger partial charge in [-0.3, -0.25) is 4.79 Å². The molecule has 1 saturated carbocycles. The van der Waals surface area contributed by atoms with Crippen molar-refractivity contribution in [2.75, 3.05) is 13.1 Å². The van der Waals surface area contributed by atoms with E-state index in [-0.39, 0.29) is 17.7 Å². The van der Waals surface area contributed by atoms with E-state index >= 15 is 0 Å². The van der Waals surface area contributed by atoms with Crippen molar-refractivity contribution >= 4 is 5.91 Å². The zero-order valence-electron chi connectivity index (χ0n) is 14.2. The summed E-state index contributed by atoms with van der Waals surface area (Å²) in [5, 5.41) is 4.02. The number of hydrogen-bond acceptors (Lipinski definition) is 4. The largest absolute Gasteiger partial charge is 0.342 e. The molecule has 2 aliphatic rings. The normalized spacial score (nSPS) is 19.5. The average molecular weight is 343 g/mol. The molecule has 0 unspecified atom stereocenters. The van der Waals surface area contributed by atoms with Crippen LogP contribution >= 0.6 is 0 Å². The van der Waals surface area contributed by atoms with Crippen LogP contribution in [-0.2, 0) is 4.79 Å². The van der Waals surface area contributed by atoms with E-state index in [9.17, 15) is 9.18 Å². The van der Waals surface area contributed by atoms with E-state index in [4.69, 9.17) is 4.52 Å². The van der Waals surface area contributed by atoms with E-state index in [1.165, 1.54) is 25.0 Å². The third kappa shape index (κ3) is 3.43. The summed E-state index contributed by atoms with van der Waals surface area (Å²) in [7, 11) is 0. The number of rotatable bonds is 3. The average Bonchev–Trinajstić information content (AvgIpc) is 3.34. The van der Waals surface area contributed by atoms with E-state index in [2.05, 4.69) is 10.1 Å². The highest BCUT2D eigenvalue weighted by Gasteiger charge is 2.32. The first kappa shape index (κ1) is 16.2. The maximum atomic E-state index is 13.0. The fourth-order valence-corrected chi connectivity index (χ4v) is 3.90. The third-order valence-electron chi connectivity index (χ3n) is 5.40. The molecule has 1 amide bonds. The molecule has 5 nitrogen and oxygen atoms in total. The van der Waals surface area contributed by atoms with Gasteiger partial charge in [-0.05, 0) is 49.9 Å². The van der Waals surface area contributed by atoms with Gasteiger partial charge in [-0.1, -0.05) is 18.0 Å². The molecule has 0 bridgehead atoms. The summed E-state index contributed by atoms with van der Waals surface area (Å²) < 4.78 is 18.4. The Balaban J connectivity index is 1.38. The van der Waals surface area contributed by atoms with Crippen molar-refractivity contribution in [3.05, 3.63) is 36.0 Å². The number of benzene rings is 1. The lowest BCUT2D eigenvalue weighted by Crippen LogP contribution is -2.40. The van der Waals surface area contributed by atoms with Gasteiger partial charge in [-0.15, -0.1) is 0 Å². The van der Waals surface area contributed by atoms with Crippen molar-refractivity contribution in [1.29, 1.82) is 0 Å². The number of halogens is 1. The van der Waals surface area contributed by atoms with E-state index < -0.39 is 0 Å². The summed E-state index contributed by atoms with van der Waals surface area (Å²) >= 11 is 0. The monoisotopic (exact) mass is 343 g/mol. The highest BCUT2D eigenvalue weighted by atomic mass is 19.1. The fourth-order valence-electron chi connectivity index (χ4n) is 3.90. The van der Waals surface area contributed by atoms with Crippen LogP contribution in [-0.4, -0.2) is 34.0 Å². The maximum Gasteiger partial charge on any atom is 0.230 e. The quantitative estimate of drug-likeness (QED) is 0.851. The Morgan fingerprint density at radius 1 is 1.08 bits per heavy atom. The molecular formula is C19H22FN3O2. The van der Waals surface area contributed by atoms with Crippen LogP contribution in [0.1, 0.15) is 50.3 Å². The van der Waals surface area contributed by atoms with E-state index in [0.29, 0.717) is 17.6 Å². The summed E-state index contributed by atoms with van der Waals surface area (Å²) in [5.41, 5.74) is 0.741. The molecule has 1 aromatic heterocycles. The number of carbonyl (C=O) groups excluding carboxylic acids is 1. The van der Waals surface area contributed by atoms with Crippen molar-refractivity contribution < 1.29 is 13.7 Å². The number of piperidine rings is 1. The van der Waals surface area contributed by atoms with Crippen molar-refractivity contribution in [1.82, 2.24) is 15.0 Å². The zero-order valence-corrected chi connectivity index (χ0v) is 14.2. The van der Waals surface area contributed by atoms with Crippen LogP contribution in [0.25, 0.3) is 11.4 Å². The van der Waals surface area contributed by atoms with E-state index in [0.717, 1.165) is 44.3 Å². The lowest BCUT2D eigenvalue weighted by molar-refractivity contribution is -0.136. The highest BCUT2D eigenvalue weighted by Crippen LogP contribution is 2.32. The molecule has 1 aliphatic carbocycles. The number of likely N-dealkylation sites (tertiary alicyclic amines) is 1. The topological polar surface area (TPSA) is 59.2 Å². The first-order valence-electron chi connectivity index (χ1n) is 9.09. The van der Waals surface area contributed by atoms with Gasteiger partial charge in [0.25, 0.3) is 0 Å². The molecule has 2 aromatic rings. The Hall–Kier alpha value is -2.24. The van der Waals surface area contributed by atoms with Crippen LogP contribution in [0.5, 0.6) is 0 Å². The molecule has 2 heterocycles. The van der Waals surface area contributed by atoms with Gasteiger partial charge in [0.15, 0.2) is 0 Å². The minimum atomic E-state index is -0.285. The van der Waals surface area contributed by atoms with Crippen LogP contribution in [0.2, 0.25) is 0 Å². The molecule has 2 fully saturated rings. The molecule has 0 radical (unpaired) electrons. The lowest BCUT2D eigenvalue weighted by atomic mass is 9.95. The SMILES string of the molecule is O=C(C1CCCC1)N1CCC(c2nc(-c3ccc(F)cc3)no2)CC1. The second-order valence-corrected chi connectivity index (χ2v) is 7.04. The molecule has 132 valence electrons. The van der Waals surface area contributed by atoms with Gasteiger partial charge in [0.2, 0.25) is 17.6 Å². The molecule has 0 atom stereocenters. The van der Waals surface area contributed by atoms with Crippen LogP contribution in [0.3, 0.4) is 0 Å². The molecule has 4 rings (SSSR count). The van der Waals surface area contributed by atoms with Crippen LogP contribution in [0.15, 0.2) is 28.8 Å². The molecule has 1 saturated heterocycles. The van der Waals surface area contributed by atoms with Gasteiger partial charge < -0.3 is 9.42 Å². The van der Waals surface area contributed by atoms with Crippen molar-refractivity contribution in [3.8, 4) is 11.4 Å². The molecule has 6 heteroatoms. The summed E-state index contributed by atoms with van der Waals surface area (Å²) in [6.07, 6.45) is 6.15. The first-order chi connectivity index (χ1) is 12.2. The van der Waals surface area contributed by atoms with Gasteiger partial charge >= 0.3 is 0 Å². The number of aromatic nitrogens is 2. The minimum absolute atomic E-state index is 0.189. The second kappa shape index (κ2) is 6.94. The Morgan fingerprint density at radius 3 is 2.44 bits per heavy atom. The molecule has 0 spiro atoms. The van der Waals surface area contributed by atoms with Gasteiger partial charge in [0, 0.05) is 30.5 Å². The second-order valence-electron chi connectivity index (χ2n) is 7.04. The van der Waals surface area contributed by atoms with Crippen molar-refractivity contribution in [2.45, 2.75) is 44.4 Å². The smallest absolute Gasteiger partial charge is 0.230 e. The first-order valence-corrected chi connectivity index (χ1v) is 9.09. The number of hydrogen-bond donors (Lipinski definition) is 0. The Bertz CT molecular complexity index is 729. The Morgan fingerprint density at radius 2 is 1.76 bits per heavy atom. The van der Waals surface area contributed by atoms with Crippen molar-refractivity contribution in [3.63, 3.8) is 0 Å². The molecular weight excluding hydrogens is 321 g/mol. The molecule has 25 heavy (non-hydrogen) atoms. The van der Waals surface area contributed by atoms with Crippen LogP contribution < -0.4 is 0 Å². The maximum absolute atomic E-state index is 13.0. The predicted octanol–water partition coefficient (Wildman–Crippen LogP) is 3.77. The number of nitrogens with zero attached hydrogens (tertiary/aromatic N) is 3. The number of amides is 1. The fraction of sp³-hybridized carbons (Fsp3) is 0.526. The van der Waals surface area contributed by atoms with Gasteiger partial charge in [-0.2, -0.15) is 4.98 Å². The Kier molecular flexibility index (Phi) is 4.51. The minimum Gasteiger partial charge on any atom is -0.342 e. The Labute approximate surface area is 146 Å². The molecule has 1 aromatic carbocycles. The standard InChI is InChI=1S/C19H22FN3O2/c20-16-7-5-13(6-8-16)17-21-18(25-22-17)14-9-11-23(12-10-14)19(24)15-3-1-2-4-15/h5-8,14-15H,1-4,9-12H2. The summed E-state index contributed by atoms with van der Waals surface area (Å²) in [4.78, 5) is 19.0. The summed E-state index contributed by atoms with van der Waals surface area (Å²) in [6.45, 7) is 1.52. The van der Waals surface area contributed by atoms with Crippen LogP contribution in [0.4, 0.5) is 4.39 Å². The van der Waals surface area contributed by atoms with Gasteiger partial charge in [0.1, 0.15) is 5.82 Å². The number of carbonyl (C=O) groups is 1. The summed E-state index contributed by atoms with van der Waals surface area (Å²) in [5.74, 6) is 1.58. The van der Waals surface area contributed by atoms with Gasteiger partial charge in [-0.25, -0.2) is 4.39 Å². The predicted molar refractivity (Wildman–Crippen MR) is 90.2 cm³/mol. The lowest BCUT2D eigenvalue weighted by Gasteiger charge is -2.32. The molecule has 1 aliphatic heterocycles. The van der Waals surface area contributed by atoms with E-state index in [1.54, 1.807) is 12.1 Å².